The van der Waals surface area contributed by atoms with Crippen LogP contribution in [-0.2, 0) is 0 Å². The van der Waals surface area contributed by atoms with Crippen molar-refractivity contribution in [3.8, 4) is 5.75 Å². The van der Waals surface area contributed by atoms with Gasteiger partial charge in [0.2, 0.25) is 0 Å². The Balaban J connectivity index is 2.72. The van der Waals surface area contributed by atoms with Gasteiger partial charge in [-0.2, -0.15) is 0 Å². The molecule has 0 aliphatic carbocycles. The average molecular weight is 238 g/mol. The second-order valence-electron chi connectivity index (χ2n) is 2.38. The minimum absolute atomic E-state index is 0.239. The minimum Gasteiger partial charge on any atom is -0.486 e. The first-order valence-corrected chi connectivity index (χ1v) is 4.64. The van der Waals surface area contributed by atoms with Gasteiger partial charge in [0.05, 0.1) is 5.02 Å². The second kappa shape index (κ2) is 4.75. The van der Waals surface area contributed by atoms with Gasteiger partial charge in [0.25, 0.3) is 0 Å². The molecule has 0 fully saturated rings. The Bertz CT molecular complexity index is 323. The highest BCUT2D eigenvalue weighted by atomic mass is 35.5. The summed E-state index contributed by atoms with van der Waals surface area (Å²) in [7, 11) is 0. The van der Waals surface area contributed by atoms with Crippen LogP contribution in [0.15, 0.2) is 29.8 Å². The van der Waals surface area contributed by atoms with Gasteiger partial charge < -0.3 is 4.74 Å². The molecule has 0 saturated carbocycles. The molecule has 0 N–H and O–H groups in total. The zero-order valence-electron chi connectivity index (χ0n) is 6.69. The zero-order chi connectivity index (χ0) is 9.84. The van der Waals surface area contributed by atoms with Gasteiger partial charge in [-0.3, -0.25) is 0 Å². The molecule has 4 heteroatoms. The minimum atomic E-state index is 0.239. The van der Waals surface area contributed by atoms with Crippen LogP contribution < -0.4 is 4.74 Å². The maximum absolute atomic E-state index is 5.83. The summed E-state index contributed by atoms with van der Waals surface area (Å²) in [6.45, 7) is 3.73. The molecule has 1 aromatic carbocycles. The molecule has 1 rings (SSSR count). The molecule has 0 aliphatic rings. The van der Waals surface area contributed by atoms with Gasteiger partial charge in [-0.25, -0.2) is 0 Å². The number of hydrogen-bond donors (Lipinski definition) is 0. The van der Waals surface area contributed by atoms with E-state index >= 15 is 0 Å². The van der Waals surface area contributed by atoms with Crippen molar-refractivity contribution in [3.05, 3.63) is 39.9 Å². The topological polar surface area (TPSA) is 9.23 Å². The summed E-state index contributed by atoms with van der Waals surface area (Å²) in [5.74, 6) is 0.549. The van der Waals surface area contributed by atoms with E-state index in [4.69, 9.17) is 39.5 Å². The van der Waals surface area contributed by atoms with E-state index in [1.54, 1.807) is 18.2 Å². The van der Waals surface area contributed by atoms with E-state index in [2.05, 4.69) is 6.58 Å². The third-order valence-electron chi connectivity index (χ3n) is 1.28. The van der Waals surface area contributed by atoms with E-state index in [-0.39, 0.29) is 6.61 Å². The lowest BCUT2D eigenvalue weighted by atomic mass is 10.3. The van der Waals surface area contributed by atoms with E-state index in [9.17, 15) is 0 Å². The lowest BCUT2D eigenvalue weighted by molar-refractivity contribution is 0.360. The van der Waals surface area contributed by atoms with Crippen molar-refractivity contribution in [2.75, 3.05) is 6.61 Å². The van der Waals surface area contributed by atoms with Crippen LogP contribution in [0.25, 0.3) is 0 Å². The Labute approximate surface area is 91.9 Å². The molecular formula is C9H7Cl3O. The Morgan fingerprint density at radius 1 is 1.38 bits per heavy atom. The lowest BCUT2D eigenvalue weighted by Crippen LogP contribution is -1.96. The standard InChI is InChI=1S/C9H7Cl3O/c1-6(10)5-13-9-3-2-7(11)4-8(9)12/h2-4H,1,5H2. The fourth-order valence-corrected chi connectivity index (χ4v) is 1.27. The Morgan fingerprint density at radius 2 is 2.08 bits per heavy atom. The first kappa shape index (κ1) is 10.7. The van der Waals surface area contributed by atoms with Crippen molar-refractivity contribution >= 4 is 34.8 Å². The van der Waals surface area contributed by atoms with Crippen molar-refractivity contribution in [1.82, 2.24) is 0 Å². The summed E-state index contributed by atoms with van der Waals surface area (Å²) in [6.07, 6.45) is 0. The monoisotopic (exact) mass is 236 g/mol. The van der Waals surface area contributed by atoms with Crippen LogP contribution in [0.4, 0.5) is 0 Å². The summed E-state index contributed by atoms with van der Waals surface area (Å²) < 4.78 is 5.23. The first-order valence-electron chi connectivity index (χ1n) is 3.50. The third-order valence-corrected chi connectivity index (χ3v) is 1.92. The number of hydrogen-bond acceptors (Lipinski definition) is 1. The lowest BCUT2D eigenvalue weighted by Gasteiger charge is -2.06. The van der Waals surface area contributed by atoms with Crippen LogP contribution in [0.5, 0.6) is 5.75 Å². The number of halogens is 3. The van der Waals surface area contributed by atoms with Crippen molar-refractivity contribution in [2.45, 2.75) is 0 Å². The third kappa shape index (κ3) is 3.47. The van der Waals surface area contributed by atoms with E-state index in [0.717, 1.165) is 0 Å². The Hall–Kier alpha value is -0.370. The molecule has 0 spiro atoms. The van der Waals surface area contributed by atoms with E-state index in [1.807, 2.05) is 0 Å². The maximum Gasteiger partial charge on any atom is 0.138 e. The van der Waals surface area contributed by atoms with E-state index < -0.39 is 0 Å². The normalized spacial score (nSPS) is 9.77. The highest BCUT2D eigenvalue weighted by Gasteiger charge is 2.01. The van der Waals surface area contributed by atoms with Gasteiger partial charge in [-0.05, 0) is 18.2 Å². The van der Waals surface area contributed by atoms with Crippen LogP contribution in [0.1, 0.15) is 0 Å². The van der Waals surface area contributed by atoms with Crippen LogP contribution >= 0.6 is 34.8 Å². The second-order valence-corrected chi connectivity index (χ2v) is 3.76. The smallest absolute Gasteiger partial charge is 0.138 e. The largest absolute Gasteiger partial charge is 0.486 e. The van der Waals surface area contributed by atoms with Gasteiger partial charge in [-0.15, -0.1) is 0 Å². The molecule has 0 aromatic heterocycles. The fourth-order valence-electron chi connectivity index (χ4n) is 0.748. The van der Waals surface area contributed by atoms with Crippen molar-refractivity contribution in [1.29, 1.82) is 0 Å². The van der Waals surface area contributed by atoms with Gasteiger partial charge in [-0.1, -0.05) is 41.4 Å². The molecule has 13 heavy (non-hydrogen) atoms. The molecule has 0 bridgehead atoms. The molecule has 0 radical (unpaired) electrons. The van der Waals surface area contributed by atoms with Crippen LogP contribution in [0, 0.1) is 0 Å². The van der Waals surface area contributed by atoms with Gasteiger partial charge in [0.1, 0.15) is 12.4 Å². The summed E-state index contributed by atoms with van der Waals surface area (Å²) in [6, 6.07) is 4.99. The van der Waals surface area contributed by atoms with Crippen molar-refractivity contribution in [3.63, 3.8) is 0 Å². The van der Waals surface area contributed by atoms with Crippen LogP contribution in [0.2, 0.25) is 10.0 Å². The highest BCUT2D eigenvalue weighted by molar-refractivity contribution is 6.35. The fraction of sp³-hybridized carbons (Fsp3) is 0.111. The average Bonchev–Trinajstić information content (AvgIpc) is 2.02. The first-order chi connectivity index (χ1) is 6.09. The highest BCUT2D eigenvalue weighted by Crippen LogP contribution is 2.27. The summed E-state index contributed by atoms with van der Waals surface area (Å²) >= 11 is 17.0. The molecule has 0 unspecified atom stereocenters. The zero-order valence-corrected chi connectivity index (χ0v) is 8.96. The van der Waals surface area contributed by atoms with Crippen molar-refractivity contribution in [2.24, 2.45) is 0 Å². The molecule has 0 amide bonds. The molecule has 1 nitrogen and oxygen atoms in total. The van der Waals surface area contributed by atoms with E-state index in [0.29, 0.717) is 20.8 Å². The predicted molar refractivity (Wildman–Crippen MR) is 57.0 cm³/mol. The quantitative estimate of drug-likeness (QED) is 0.768. The SMILES string of the molecule is C=C(Cl)COc1ccc(Cl)cc1Cl. The molecule has 0 heterocycles. The van der Waals surface area contributed by atoms with Crippen LogP contribution in [-0.4, -0.2) is 6.61 Å². The van der Waals surface area contributed by atoms with Crippen LogP contribution in [0.3, 0.4) is 0 Å². The molecule has 1 aromatic rings. The Morgan fingerprint density at radius 3 is 2.62 bits per heavy atom. The Kier molecular flexibility index (Phi) is 3.91. The summed E-state index contributed by atoms with van der Waals surface area (Å²) in [5.41, 5.74) is 0. The molecule has 0 atom stereocenters. The van der Waals surface area contributed by atoms with Crippen molar-refractivity contribution < 1.29 is 4.74 Å². The molecule has 70 valence electrons. The number of benzene rings is 1. The molecular weight excluding hydrogens is 230 g/mol. The van der Waals surface area contributed by atoms with E-state index in [1.165, 1.54) is 0 Å². The van der Waals surface area contributed by atoms with Gasteiger partial charge in [0.15, 0.2) is 0 Å². The summed E-state index contributed by atoms with van der Waals surface area (Å²) in [5, 5.41) is 1.46. The molecule has 0 aliphatic heterocycles. The van der Waals surface area contributed by atoms with Gasteiger partial charge >= 0.3 is 0 Å². The maximum atomic E-state index is 5.83. The van der Waals surface area contributed by atoms with Gasteiger partial charge in [0, 0.05) is 10.1 Å². The number of ether oxygens (including phenoxy) is 1. The predicted octanol–water partition coefficient (Wildman–Crippen LogP) is 4.12. The number of rotatable bonds is 3. The molecule has 0 saturated heterocycles. The summed E-state index contributed by atoms with van der Waals surface area (Å²) in [4.78, 5) is 0.